The molecular formula is C15H10N4. The highest BCUT2D eigenvalue weighted by molar-refractivity contribution is 5.77. The largest absolute Gasteiger partial charge is 0.283 e. The summed E-state index contributed by atoms with van der Waals surface area (Å²) >= 11 is 0. The zero-order valence-electron chi connectivity index (χ0n) is 10.0. The van der Waals surface area contributed by atoms with Gasteiger partial charge in [0.2, 0.25) is 5.82 Å². The highest BCUT2D eigenvalue weighted by Gasteiger charge is 2.09. The third kappa shape index (κ3) is 1.78. The maximum Gasteiger partial charge on any atom is 0.219 e. The summed E-state index contributed by atoms with van der Waals surface area (Å²) < 4.78 is 1.56. The molecule has 0 saturated heterocycles. The minimum atomic E-state index is 0.218. The van der Waals surface area contributed by atoms with Gasteiger partial charge in [0, 0.05) is 11.1 Å². The van der Waals surface area contributed by atoms with Crippen LogP contribution in [0.15, 0.2) is 54.6 Å². The Morgan fingerprint density at radius 2 is 1.68 bits per heavy atom. The summed E-state index contributed by atoms with van der Waals surface area (Å²) in [5.41, 5.74) is 1.70. The van der Waals surface area contributed by atoms with Gasteiger partial charge < -0.3 is 0 Å². The van der Waals surface area contributed by atoms with E-state index >= 15 is 0 Å². The van der Waals surface area contributed by atoms with Crippen LogP contribution in [0.4, 0.5) is 0 Å². The van der Waals surface area contributed by atoms with Gasteiger partial charge >= 0.3 is 0 Å². The third-order valence-corrected chi connectivity index (χ3v) is 2.94. The fraction of sp³-hybridized carbons (Fsp3) is 0. The van der Waals surface area contributed by atoms with E-state index in [1.807, 2.05) is 54.6 Å². The minimum absolute atomic E-state index is 0.218. The van der Waals surface area contributed by atoms with Crippen LogP contribution in [0.3, 0.4) is 0 Å². The molecule has 0 aliphatic carbocycles. The standard InChI is InChI=1S/C15H10N4/c16-10-14-18-13-9-5-4-8-12(13)15(17)19(14)11-6-2-1-3-7-11/h1-9,17H. The summed E-state index contributed by atoms with van der Waals surface area (Å²) in [4.78, 5) is 4.31. The number of nitrogens with zero attached hydrogens (tertiary/aromatic N) is 3. The third-order valence-electron chi connectivity index (χ3n) is 2.94. The highest BCUT2D eigenvalue weighted by Crippen LogP contribution is 2.11. The minimum Gasteiger partial charge on any atom is -0.283 e. The van der Waals surface area contributed by atoms with Crippen LogP contribution in [0, 0.1) is 16.7 Å². The molecule has 0 aliphatic heterocycles. The van der Waals surface area contributed by atoms with E-state index in [1.54, 1.807) is 4.57 Å². The van der Waals surface area contributed by atoms with Gasteiger partial charge in [-0.15, -0.1) is 0 Å². The second kappa shape index (κ2) is 4.39. The number of aromatic nitrogens is 2. The van der Waals surface area contributed by atoms with Gasteiger partial charge in [0.05, 0.1) is 5.52 Å². The van der Waals surface area contributed by atoms with Crippen molar-refractivity contribution in [2.24, 2.45) is 0 Å². The molecule has 0 amide bonds. The van der Waals surface area contributed by atoms with Crippen LogP contribution < -0.4 is 5.49 Å². The first-order valence-electron chi connectivity index (χ1n) is 5.83. The van der Waals surface area contributed by atoms with Gasteiger partial charge in [-0.25, -0.2) is 4.98 Å². The molecule has 0 unspecified atom stereocenters. The van der Waals surface area contributed by atoms with Crippen molar-refractivity contribution in [1.29, 1.82) is 10.7 Å². The maximum atomic E-state index is 9.25. The van der Waals surface area contributed by atoms with Gasteiger partial charge in [-0.3, -0.25) is 9.98 Å². The van der Waals surface area contributed by atoms with Gasteiger partial charge in [-0.2, -0.15) is 5.26 Å². The van der Waals surface area contributed by atoms with E-state index < -0.39 is 0 Å². The molecule has 4 nitrogen and oxygen atoms in total. The number of fused-ring (bicyclic) bond motifs is 1. The van der Waals surface area contributed by atoms with Gasteiger partial charge in [-0.1, -0.05) is 30.3 Å². The summed E-state index contributed by atoms with van der Waals surface area (Å²) in [6.45, 7) is 0. The average molecular weight is 246 g/mol. The number of benzene rings is 2. The Morgan fingerprint density at radius 3 is 2.42 bits per heavy atom. The number of nitriles is 1. The van der Waals surface area contributed by atoms with E-state index in [2.05, 4.69) is 11.1 Å². The van der Waals surface area contributed by atoms with Crippen LogP contribution in [0.2, 0.25) is 0 Å². The molecule has 90 valence electrons. The molecule has 19 heavy (non-hydrogen) atoms. The van der Waals surface area contributed by atoms with E-state index in [4.69, 9.17) is 5.41 Å². The van der Waals surface area contributed by atoms with Crippen LogP contribution >= 0.6 is 0 Å². The summed E-state index contributed by atoms with van der Waals surface area (Å²) in [6, 6.07) is 18.8. The molecule has 0 aliphatic rings. The first-order chi connectivity index (χ1) is 9.31. The summed E-state index contributed by atoms with van der Waals surface area (Å²) in [7, 11) is 0. The van der Waals surface area contributed by atoms with Gasteiger partial charge in [0.15, 0.2) is 0 Å². The van der Waals surface area contributed by atoms with Crippen molar-refractivity contribution in [3.63, 3.8) is 0 Å². The van der Waals surface area contributed by atoms with E-state index in [1.165, 1.54) is 0 Å². The normalized spacial score (nSPS) is 10.3. The second-order valence-electron chi connectivity index (χ2n) is 4.08. The van der Waals surface area contributed by atoms with Crippen LogP contribution in [0.1, 0.15) is 5.82 Å². The lowest BCUT2D eigenvalue weighted by Crippen LogP contribution is -2.22. The molecule has 2 aromatic carbocycles. The lowest BCUT2D eigenvalue weighted by Gasteiger charge is -2.10. The van der Waals surface area contributed by atoms with Crippen LogP contribution in [0.25, 0.3) is 16.6 Å². The molecule has 0 fully saturated rings. The quantitative estimate of drug-likeness (QED) is 0.716. The van der Waals surface area contributed by atoms with E-state index in [-0.39, 0.29) is 11.3 Å². The maximum absolute atomic E-state index is 9.25. The molecule has 0 spiro atoms. The average Bonchev–Trinajstić information content (AvgIpc) is 2.48. The molecule has 0 bridgehead atoms. The number of para-hydroxylation sites is 2. The van der Waals surface area contributed by atoms with Gasteiger partial charge in [0.25, 0.3) is 0 Å². The van der Waals surface area contributed by atoms with Crippen LogP contribution in [-0.4, -0.2) is 9.55 Å². The predicted molar refractivity (Wildman–Crippen MR) is 71.6 cm³/mol. The number of rotatable bonds is 1. The van der Waals surface area contributed by atoms with Crippen molar-refractivity contribution in [3.05, 3.63) is 65.9 Å². The fourth-order valence-corrected chi connectivity index (χ4v) is 2.07. The smallest absolute Gasteiger partial charge is 0.219 e. The molecule has 4 heteroatoms. The summed E-state index contributed by atoms with van der Waals surface area (Å²) in [5, 5.41) is 18.3. The van der Waals surface area contributed by atoms with Crippen molar-refractivity contribution >= 4 is 10.9 Å². The molecule has 1 aromatic heterocycles. The van der Waals surface area contributed by atoms with Crippen LogP contribution in [0.5, 0.6) is 0 Å². The molecule has 3 aromatic rings. The Kier molecular flexibility index (Phi) is 2.58. The molecule has 1 N–H and O–H groups in total. The number of hydrogen-bond acceptors (Lipinski definition) is 3. The summed E-state index contributed by atoms with van der Waals surface area (Å²) in [6.07, 6.45) is 0. The van der Waals surface area contributed by atoms with Crippen LogP contribution in [-0.2, 0) is 0 Å². The molecule has 1 heterocycles. The molecule has 3 rings (SSSR count). The van der Waals surface area contributed by atoms with Crippen molar-refractivity contribution in [1.82, 2.24) is 9.55 Å². The van der Waals surface area contributed by atoms with E-state index in [0.717, 1.165) is 11.1 Å². The van der Waals surface area contributed by atoms with Crippen molar-refractivity contribution < 1.29 is 0 Å². The number of nitrogens with one attached hydrogen (secondary N) is 1. The molecule has 0 radical (unpaired) electrons. The second-order valence-corrected chi connectivity index (χ2v) is 4.08. The SMILES string of the molecule is N#Cc1nc2ccccc2c(=N)n1-c1ccccc1. The first kappa shape index (κ1) is 11.2. The molecule has 0 atom stereocenters. The predicted octanol–water partition coefficient (Wildman–Crippen LogP) is 2.38. The monoisotopic (exact) mass is 246 g/mol. The van der Waals surface area contributed by atoms with Gasteiger partial charge in [0.1, 0.15) is 11.6 Å². The van der Waals surface area contributed by atoms with Crippen molar-refractivity contribution in [3.8, 4) is 11.8 Å². The lowest BCUT2D eigenvalue weighted by molar-refractivity contribution is 0.887. The first-order valence-corrected chi connectivity index (χ1v) is 5.83. The van der Waals surface area contributed by atoms with Gasteiger partial charge in [-0.05, 0) is 24.3 Å². The van der Waals surface area contributed by atoms with E-state index in [0.29, 0.717) is 5.52 Å². The Morgan fingerprint density at radius 1 is 1.00 bits per heavy atom. The topological polar surface area (TPSA) is 65.5 Å². The highest BCUT2D eigenvalue weighted by atomic mass is 15.1. The lowest BCUT2D eigenvalue weighted by atomic mass is 10.2. The van der Waals surface area contributed by atoms with Crippen molar-refractivity contribution in [2.45, 2.75) is 0 Å². The fourth-order valence-electron chi connectivity index (χ4n) is 2.07. The Bertz CT molecular complexity index is 841. The van der Waals surface area contributed by atoms with Crippen molar-refractivity contribution in [2.75, 3.05) is 0 Å². The summed E-state index contributed by atoms with van der Waals surface area (Å²) in [5.74, 6) is 0.218. The zero-order chi connectivity index (χ0) is 13.2. The zero-order valence-corrected chi connectivity index (χ0v) is 10.0. The Labute approximate surface area is 109 Å². The van der Waals surface area contributed by atoms with E-state index in [9.17, 15) is 5.26 Å². The Hall–Kier alpha value is -2.93. The Balaban J connectivity index is 2.45. The molecular weight excluding hydrogens is 236 g/mol. The molecule has 0 saturated carbocycles. The number of hydrogen-bond donors (Lipinski definition) is 1.